The van der Waals surface area contributed by atoms with Crippen molar-refractivity contribution in [3.63, 3.8) is 0 Å². The molecule has 1 rings (SSSR count). The highest BCUT2D eigenvalue weighted by Crippen LogP contribution is 2.36. The summed E-state index contributed by atoms with van der Waals surface area (Å²) in [6, 6.07) is 2.69. The molecule has 66 valence electrons. The van der Waals surface area contributed by atoms with Gasteiger partial charge in [0.15, 0.2) is 5.43 Å². The molecular formula is C7H6Cl3NO. The van der Waals surface area contributed by atoms with E-state index < -0.39 is 3.79 Å². The van der Waals surface area contributed by atoms with Crippen molar-refractivity contribution in [2.45, 2.75) is 10.7 Å². The van der Waals surface area contributed by atoms with Gasteiger partial charge in [0.05, 0.1) is 5.69 Å². The quantitative estimate of drug-likeness (QED) is 0.678. The zero-order valence-electron chi connectivity index (χ0n) is 6.20. The summed E-state index contributed by atoms with van der Waals surface area (Å²) in [5.74, 6) is 0. The van der Waals surface area contributed by atoms with E-state index in [-0.39, 0.29) is 11.1 Å². The molecule has 12 heavy (non-hydrogen) atoms. The molecule has 0 saturated heterocycles. The average Bonchev–Trinajstić information content (AvgIpc) is 1.82. The molecule has 0 aliphatic heterocycles. The second-order valence-corrected chi connectivity index (χ2v) is 4.69. The maximum absolute atomic E-state index is 11.0. The second-order valence-electron chi connectivity index (χ2n) is 2.41. The molecule has 1 heterocycles. The van der Waals surface area contributed by atoms with E-state index in [0.29, 0.717) is 5.69 Å². The summed E-state index contributed by atoms with van der Waals surface area (Å²) in [6.07, 6.45) is 0. The standard InChI is InChI=1S/C7H6Cl3NO/c1-4-2-5(12)3-6(11-4)7(8,9)10/h2-3H,1H3,(H,11,12). The van der Waals surface area contributed by atoms with Crippen LogP contribution in [0.3, 0.4) is 0 Å². The van der Waals surface area contributed by atoms with E-state index in [1.54, 1.807) is 6.92 Å². The number of rotatable bonds is 0. The predicted molar refractivity (Wildman–Crippen MR) is 51.0 cm³/mol. The Labute approximate surface area is 84.5 Å². The zero-order valence-corrected chi connectivity index (χ0v) is 8.46. The molecule has 0 aliphatic carbocycles. The van der Waals surface area contributed by atoms with Gasteiger partial charge in [0.25, 0.3) is 0 Å². The summed E-state index contributed by atoms with van der Waals surface area (Å²) in [5, 5.41) is 0. The number of aromatic nitrogens is 1. The zero-order chi connectivity index (χ0) is 9.35. The van der Waals surface area contributed by atoms with E-state index in [2.05, 4.69) is 4.98 Å². The van der Waals surface area contributed by atoms with Gasteiger partial charge in [-0.25, -0.2) is 0 Å². The van der Waals surface area contributed by atoms with Crippen molar-refractivity contribution in [2.24, 2.45) is 0 Å². The highest BCUT2D eigenvalue weighted by molar-refractivity contribution is 6.66. The fraction of sp³-hybridized carbons (Fsp3) is 0.286. The molecule has 0 unspecified atom stereocenters. The number of hydrogen-bond acceptors (Lipinski definition) is 1. The van der Waals surface area contributed by atoms with E-state index in [1.165, 1.54) is 12.1 Å². The number of nitrogens with one attached hydrogen (secondary N) is 1. The molecule has 1 aromatic heterocycles. The van der Waals surface area contributed by atoms with Gasteiger partial charge in [-0.15, -0.1) is 0 Å². The normalized spacial score (nSPS) is 11.7. The minimum Gasteiger partial charge on any atom is -0.359 e. The molecule has 0 amide bonds. The van der Waals surface area contributed by atoms with Crippen molar-refractivity contribution >= 4 is 34.8 Å². The Morgan fingerprint density at radius 2 is 1.92 bits per heavy atom. The Morgan fingerprint density at radius 3 is 2.33 bits per heavy atom. The van der Waals surface area contributed by atoms with Crippen LogP contribution in [0.4, 0.5) is 0 Å². The fourth-order valence-corrected chi connectivity index (χ4v) is 1.14. The number of aromatic amines is 1. The van der Waals surface area contributed by atoms with Gasteiger partial charge in [-0.1, -0.05) is 34.8 Å². The van der Waals surface area contributed by atoms with Gasteiger partial charge in [0.1, 0.15) is 0 Å². The monoisotopic (exact) mass is 225 g/mol. The van der Waals surface area contributed by atoms with Gasteiger partial charge in [-0.05, 0) is 6.92 Å². The summed E-state index contributed by atoms with van der Waals surface area (Å²) in [6.45, 7) is 1.72. The molecule has 0 fully saturated rings. The molecule has 1 aromatic rings. The molecule has 0 spiro atoms. The number of hydrogen-bond donors (Lipinski definition) is 1. The van der Waals surface area contributed by atoms with Crippen LogP contribution in [-0.2, 0) is 3.79 Å². The van der Waals surface area contributed by atoms with Crippen molar-refractivity contribution in [1.29, 1.82) is 0 Å². The van der Waals surface area contributed by atoms with Gasteiger partial charge in [0.2, 0.25) is 3.79 Å². The Hall–Kier alpha value is -0.180. The Bertz CT molecular complexity index is 339. The van der Waals surface area contributed by atoms with Crippen LogP contribution in [0.5, 0.6) is 0 Å². The van der Waals surface area contributed by atoms with Crippen LogP contribution in [0.2, 0.25) is 0 Å². The van der Waals surface area contributed by atoms with Crippen LogP contribution < -0.4 is 5.43 Å². The lowest BCUT2D eigenvalue weighted by atomic mass is 10.3. The van der Waals surface area contributed by atoms with Crippen LogP contribution in [0.15, 0.2) is 16.9 Å². The van der Waals surface area contributed by atoms with Gasteiger partial charge in [0, 0.05) is 17.8 Å². The van der Waals surface area contributed by atoms with Gasteiger partial charge in [-0.2, -0.15) is 0 Å². The molecule has 5 heteroatoms. The van der Waals surface area contributed by atoms with E-state index in [1.807, 2.05) is 0 Å². The van der Waals surface area contributed by atoms with Crippen LogP contribution in [0.1, 0.15) is 11.4 Å². The number of aryl methyl sites for hydroxylation is 1. The summed E-state index contributed by atoms with van der Waals surface area (Å²) >= 11 is 16.7. The molecular weight excluding hydrogens is 220 g/mol. The van der Waals surface area contributed by atoms with Gasteiger partial charge < -0.3 is 4.98 Å². The summed E-state index contributed by atoms with van der Waals surface area (Å²) < 4.78 is -1.56. The Morgan fingerprint density at radius 1 is 1.33 bits per heavy atom. The van der Waals surface area contributed by atoms with Crippen molar-refractivity contribution in [3.05, 3.63) is 33.7 Å². The Balaban J connectivity index is 3.27. The third kappa shape index (κ3) is 2.41. The fourth-order valence-electron chi connectivity index (χ4n) is 0.835. The molecule has 1 N–H and O–H groups in total. The molecule has 0 bridgehead atoms. The largest absolute Gasteiger partial charge is 0.359 e. The topological polar surface area (TPSA) is 32.9 Å². The lowest BCUT2D eigenvalue weighted by Crippen LogP contribution is -2.11. The molecule has 0 aromatic carbocycles. The molecule has 0 saturated carbocycles. The number of H-pyrrole nitrogens is 1. The Kier molecular flexibility index (Phi) is 2.71. The minimum absolute atomic E-state index is 0.174. The van der Waals surface area contributed by atoms with Crippen LogP contribution >= 0.6 is 34.8 Å². The smallest absolute Gasteiger partial charge is 0.230 e. The number of halogens is 3. The minimum atomic E-state index is -1.56. The molecule has 0 aliphatic rings. The third-order valence-corrected chi connectivity index (χ3v) is 1.89. The van der Waals surface area contributed by atoms with E-state index in [9.17, 15) is 4.79 Å². The predicted octanol–water partition coefficient (Wildman–Crippen LogP) is 2.51. The first-order valence-corrected chi connectivity index (χ1v) is 4.31. The first kappa shape index (κ1) is 9.90. The lowest BCUT2D eigenvalue weighted by Gasteiger charge is -2.10. The van der Waals surface area contributed by atoms with E-state index in [4.69, 9.17) is 34.8 Å². The highest BCUT2D eigenvalue weighted by atomic mass is 35.6. The summed E-state index contributed by atoms with van der Waals surface area (Å²) in [7, 11) is 0. The maximum atomic E-state index is 11.0. The van der Waals surface area contributed by atoms with E-state index in [0.717, 1.165) is 0 Å². The molecule has 2 nitrogen and oxygen atoms in total. The van der Waals surface area contributed by atoms with Crippen LogP contribution in [0, 0.1) is 6.92 Å². The van der Waals surface area contributed by atoms with Crippen molar-refractivity contribution in [2.75, 3.05) is 0 Å². The van der Waals surface area contributed by atoms with Gasteiger partial charge in [-0.3, -0.25) is 4.79 Å². The SMILES string of the molecule is Cc1cc(=O)cc(C(Cl)(Cl)Cl)[nH]1. The van der Waals surface area contributed by atoms with Gasteiger partial charge >= 0.3 is 0 Å². The number of alkyl halides is 3. The maximum Gasteiger partial charge on any atom is 0.230 e. The van der Waals surface area contributed by atoms with Crippen LogP contribution in [0.25, 0.3) is 0 Å². The molecule has 0 atom stereocenters. The average molecular weight is 226 g/mol. The first-order valence-electron chi connectivity index (χ1n) is 3.18. The van der Waals surface area contributed by atoms with Crippen molar-refractivity contribution in [3.8, 4) is 0 Å². The van der Waals surface area contributed by atoms with Crippen molar-refractivity contribution < 1.29 is 0 Å². The third-order valence-electron chi connectivity index (χ3n) is 1.28. The molecule has 0 radical (unpaired) electrons. The van der Waals surface area contributed by atoms with Crippen LogP contribution in [-0.4, -0.2) is 4.98 Å². The van der Waals surface area contributed by atoms with E-state index >= 15 is 0 Å². The van der Waals surface area contributed by atoms with Crippen molar-refractivity contribution in [1.82, 2.24) is 4.98 Å². The number of pyridine rings is 1. The second kappa shape index (κ2) is 3.29. The lowest BCUT2D eigenvalue weighted by molar-refractivity contribution is 1.03. The first-order chi connectivity index (χ1) is 5.39. The summed E-state index contributed by atoms with van der Waals surface area (Å²) in [4.78, 5) is 13.8. The highest BCUT2D eigenvalue weighted by Gasteiger charge is 2.23. The summed E-state index contributed by atoms with van der Waals surface area (Å²) in [5.41, 5.74) is 0.786.